The fourth-order valence-corrected chi connectivity index (χ4v) is 1.04. The monoisotopic (exact) mass is 237 g/mol. The van der Waals surface area contributed by atoms with E-state index in [2.05, 4.69) is 15.0 Å². The predicted octanol–water partition coefficient (Wildman–Crippen LogP) is -0.216. The van der Waals surface area contributed by atoms with Crippen molar-refractivity contribution in [2.45, 2.75) is 12.5 Å². The maximum absolute atomic E-state index is 10.3. The van der Waals surface area contributed by atoms with Gasteiger partial charge in [0.05, 0.1) is 18.3 Å². The van der Waals surface area contributed by atoms with Gasteiger partial charge in [0.1, 0.15) is 6.04 Å². The van der Waals surface area contributed by atoms with Crippen LogP contribution in [-0.2, 0) is 18.3 Å². The molecule has 2 rings (SSSR count). The first kappa shape index (κ1) is 12.9. The van der Waals surface area contributed by atoms with Crippen molar-refractivity contribution in [1.82, 2.24) is 19.5 Å². The molecule has 0 aliphatic heterocycles. The van der Waals surface area contributed by atoms with Crippen LogP contribution in [0.15, 0.2) is 31.2 Å². The van der Waals surface area contributed by atoms with E-state index in [0.717, 1.165) is 0 Å². The highest BCUT2D eigenvalue weighted by Crippen LogP contribution is 1.95. The fraction of sp³-hybridized carbons (Fsp3) is 0.300. The number of carboxylic acid groups (broad SMARTS) is 1. The molecule has 17 heavy (non-hydrogen) atoms. The second kappa shape index (κ2) is 6.44. The van der Waals surface area contributed by atoms with Gasteiger partial charge in [0.2, 0.25) is 0 Å². The van der Waals surface area contributed by atoms with E-state index in [1.165, 1.54) is 6.33 Å². The standard InChI is InChI=1S/C6H9N3O2.C4H6N2/c7-5(6(10)11)1-4-2-8-3-9-4;1-6-3-2-5-4-6/h2-3,5H,1,7H2,(H,8,9)(H,10,11);2-4H,1H3/t5-;/m0./s1. The molecule has 0 amide bonds. The smallest absolute Gasteiger partial charge is 0.320 e. The van der Waals surface area contributed by atoms with Gasteiger partial charge in [0, 0.05) is 32.1 Å². The molecular formula is C10H15N5O2. The number of rotatable bonds is 3. The Kier molecular flexibility index (Phi) is 4.89. The van der Waals surface area contributed by atoms with Crippen LogP contribution >= 0.6 is 0 Å². The Hall–Kier alpha value is -2.15. The van der Waals surface area contributed by atoms with Crippen molar-refractivity contribution >= 4 is 5.97 Å². The molecule has 1 atom stereocenters. The summed E-state index contributed by atoms with van der Waals surface area (Å²) in [4.78, 5) is 20.6. The van der Waals surface area contributed by atoms with Crippen molar-refractivity contribution in [2.24, 2.45) is 12.8 Å². The summed E-state index contributed by atoms with van der Waals surface area (Å²) in [5.41, 5.74) is 5.92. The van der Waals surface area contributed by atoms with Gasteiger partial charge in [0.25, 0.3) is 0 Å². The van der Waals surface area contributed by atoms with Crippen LogP contribution in [-0.4, -0.2) is 36.6 Å². The SMILES string of the molecule is Cn1ccnc1.N[C@@H](Cc1c[nH]cn1)C(=O)O. The molecule has 0 aliphatic carbocycles. The zero-order valence-electron chi connectivity index (χ0n) is 9.45. The number of hydrogen-bond donors (Lipinski definition) is 3. The highest BCUT2D eigenvalue weighted by atomic mass is 16.4. The van der Waals surface area contributed by atoms with Crippen LogP contribution in [0.4, 0.5) is 0 Å². The van der Waals surface area contributed by atoms with E-state index in [9.17, 15) is 4.79 Å². The van der Waals surface area contributed by atoms with Gasteiger partial charge in [-0.05, 0) is 0 Å². The molecule has 0 radical (unpaired) electrons. The van der Waals surface area contributed by atoms with E-state index in [1.54, 1.807) is 18.7 Å². The Labute approximate surface area is 98.3 Å². The Balaban J connectivity index is 0.000000202. The number of aliphatic carboxylic acids is 1. The molecule has 92 valence electrons. The van der Waals surface area contributed by atoms with Crippen molar-refractivity contribution in [3.63, 3.8) is 0 Å². The lowest BCUT2D eigenvalue weighted by Crippen LogP contribution is -2.32. The van der Waals surface area contributed by atoms with E-state index < -0.39 is 12.0 Å². The van der Waals surface area contributed by atoms with Gasteiger partial charge in [-0.1, -0.05) is 0 Å². The summed E-state index contributed by atoms with van der Waals surface area (Å²) in [6.45, 7) is 0. The number of nitrogens with two attached hydrogens (primary N) is 1. The van der Waals surface area contributed by atoms with Crippen LogP contribution in [0.1, 0.15) is 5.69 Å². The van der Waals surface area contributed by atoms with Gasteiger partial charge in [-0.15, -0.1) is 0 Å². The zero-order chi connectivity index (χ0) is 12.7. The first-order valence-corrected chi connectivity index (χ1v) is 4.97. The number of hydrogen-bond acceptors (Lipinski definition) is 4. The fourth-order valence-electron chi connectivity index (χ4n) is 1.04. The van der Waals surface area contributed by atoms with Crippen LogP contribution in [0.5, 0.6) is 0 Å². The second-order valence-corrected chi connectivity index (χ2v) is 3.44. The van der Waals surface area contributed by atoms with Crippen molar-refractivity contribution < 1.29 is 9.90 Å². The Morgan fingerprint density at radius 3 is 2.82 bits per heavy atom. The van der Waals surface area contributed by atoms with Gasteiger partial charge in [-0.25, -0.2) is 9.97 Å². The maximum Gasteiger partial charge on any atom is 0.320 e. The zero-order valence-corrected chi connectivity index (χ0v) is 9.45. The average Bonchev–Trinajstić information content (AvgIpc) is 2.92. The normalized spacial score (nSPS) is 11.4. The van der Waals surface area contributed by atoms with Gasteiger partial charge >= 0.3 is 5.97 Å². The largest absolute Gasteiger partial charge is 0.480 e. The third-order valence-corrected chi connectivity index (χ3v) is 1.94. The summed E-state index contributed by atoms with van der Waals surface area (Å²) in [5.74, 6) is -1.01. The van der Waals surface area contributed by atoms with E-state index in [0.29, 0.717) is 5.69 Å². The van der Waals surface area contributed by atoms with Crippen LogP contribution in [0.2, 0.25) is 0 Å². The lowest BCUT2D eigenvalue weighted by molar-refractivity contribution is -0.138. The minimum Gasteiger partial charge on any atom is -0.480 e. The van der Waals surface area contributed by atoms with Crippen LogP contribution in [0.3, 0.4) is 0 Å². The summed E-state index contributed by atoms with van der Waals surface area (Å²) in [6, 6.07) is -0.863. The maximum atomic E-state index is 10.3. The topological polar surface area (TPSA) is 110 Å². The third-order valence-electron chi connectivity index (χ3n) is 1.94. The molecule has 0 aliphatic rings. The number of carbonyl (C=O) groups is 1. The third kappa shape index (κ3) is 4.94. The molecule has 2 aromatic heterocycles. The molecule has 0 unspecified atom stereocenters. The highest BCUT2D eigenvalue weighted by Gasteiger charge is 2.12. The molecule has 7 heteroatoms. The first-order valence-electron chi connectivity index (χ1n) is 4.97. The molecular weight excluding hydrogens is 222 g/mol. The van der Waals surface area contributed by atoms with Gasteiger partial charge < -0.3 is 20.4 Å². The lowest BCUT2D eigenvalue weighted by atomic mass is 10.2. The summed E-state index contributed by atoms with van der Waals surface area (Å²) in [5, 5.41) is 8.42. The van der Waals surface area contributed by atoms with E-state index in [4.69, 9.17) is 10.8 Å². The Bertz CT molecular complexity index is 424. The Morgan fingerprint density at radius 1 is 1.71 bits per heavy atom. The summed E-state index contributed by atoms with van der Waals surface area (Å²) in [7, 11) is 1.94. The highest BCUT2D eigenvalue weighted by molar-refractivity contribution is 5.73. The van der Waals surface area contributed by atoms with Gasteiger partial charge in [-0.2, -0.15) is 0 Å². The van der Waals surface area contributed by atoms with Gasteiger partial charge in [0.15, 0.2) is 0 Å². The van der Waals surface area contributed by atoms with Crippen molar-refractivity contribution in [3.05, 3.63) is 36.9 Å². The minimum atomic E-state index is -1.01. The minimum absolute atomic E-state index is 0.263. The number of aryl methyl sites for hydroxylation is 1. The molecule has 0 spiro atoms. The summed E-state index contributed by atoms with van der Waals surface area (Å²) < 4.78 is 1.89. The summed E-state index contributed by atoms with van der Waals surface area (Å²) >= 11 is 0. The molecule has 2 heterocycles. The van der Waals surface area contributed by atoms with Crippen LogP contribution in [0, 0.1) is 0 Å². The Morgan fingerprint density at radius 2 is 2.47 bits per heavy atom. The molecule has 0 aromatic carbocycles. The number of aromatic nitrogens is 4. The van der Waals surface area contributed by atoms with E-state index in [-0.39, 0.29) is 6.42 Å². The number of nitrogens with one attached hydrogen (secondary N) is 1. The number of H-pyrrole nitrogens is 1. The molecule has 0 bridgehead atoms. The number of imidazole rings is 2. The second-order valence-electron chi connectivity index (χ2n) is 3.44. The quantitative estimate of drug-likeness (QED) is 0.683. The average molecular weight is 237 g/mol. The van der Waals surface area contributed by atoms with Crippen LogP contribution < -0.4 is 5.73 Å². The number of carboxylic acids is 1. The molecule has 2 aromatic rings. The first-order chi connectivity index (χ1) is 8.09. The van der Waals surface area contributed by atoms with E-state index in [1.807, 2.05) is 17.8 Å². The molecule has 0 fully saturated rings. The van der Waals surface area contributed by atoms with Gasteiger partial charge in [-0.3, -0.25) is 4.79 Å². The molecule has 0 saturated carbocycles. The van der Waals surface area contributed by atoms with Crippen molar-refractivity contribution in [1.29, 1.82) is 0 Å². The number of aromatic amines is 1. The van der Waals surface area contributed by atoms with Crippen LogP contribution in [0.25, 0.3) is 0 Å². The molecule has 0 saturated heterocycles. The van der Waals surface area contributed by atoms with E-state index >= 15 is 0 Å². The predicted molar refractivity (Wildman–Crippen MR) is 61.1 cm³/mol. The molecule has 4 N–H and O–H groups in total. The van der Waals surface area contributed by atoms with Crippen molar-refractivity contribution in [3.8, 4) is 0 Å². The summed E-state index contributed by atoms with van der Waals surface area (Å²) in [6.07, 6.45) is 8.77. The lowest BCUT2D eigenvalue weighted by Gasteiger charge is -2.01. The van der Waals surface area contributed by atoms with Crippen molar-refractivity contribution in [2.75, 3.05) is 0 Å². The molecule has 7 nitrogen and oxygen atoms in total. The number of nitrogens with zero attached hydrogens (tertiary/aromatic N) is 3.